The molecule has 1 atom stereocenters. The van der Waals surface area contributed by atoms with Crippen molar-refractivity contribution in [3.63, 3.8) is 0 Å². The standard InChI is InChI=1S/C21H34N6O2.HI/c1-4-22-20(24-15-21(3,28)16-26-10-12-29-13-11-26)23-8-7-18-14-27-9-5-6-17(2)19(27)25-18;/h5-6,9,14,28H,4,7-8,10-13,15-16H2,1-3H3,(H2,22,23,24);1H. The van der Waals surface area contributed by atoms with E-state index in [4.69, 9.17) is 9.72 Å². The van der Waals surface area contributed by atoms with Crippen molar-refractivity contribution < 1.29 is 9.84 Å². The number of nitrogens with zero attached hydrogens (tertiary/aromatic N) is 4. The third-order valence-corrected chi connectivity index (χ3v) is 4.99. The summed E-state index contributed by atoms with van der Waals surface area (Å²) >= 11 is 0. The van der Waals surface area contributed by atoms with Gasteiger partial charge in [0.05, 0.1) is 31.1 Å². The van der Waals surface area contributed by atoms with E-state index in [1.165, 1.54) is 5.56 Å². The predicted octanol–water partition coefficient (Wildman–Crippen LogP) is 1.44. The van der Waals surface area contributed by atoms with Crippen molar-refractivity contribution in [2.24, 2.45) is 4.99 Å². The number of β-amino-alcohol motifs (C(OH)–C–C–N with tert-alkyl or cyclic N) is 1. The van der Waals surface area contributed by atoms with E-state index in [1.54, 1.807) is 0 Å². The Morgan fingerprint density at radius 1 is 1.33 bits per heavy atom. The van der Waals surface area contributed by atoms with Crippen LogP contribution in [0.15, 0.2) is 29.5 Å². The zero-order valence-corrected chi connectivity index (χ0v) is 20.6. The number of ether oxygens (including phenoxy) is 1. The third-order valence-electron chi connectivity index (χ3n) is 4.99. The van der Waals surface area contributed by atoms with Crippen LogP contribution in [0.5, 0.6) is 0 Å². The van der Waals surface area contributed by atoms with Crippen LogP contribution in [-0.4, -0.2) is 83.4 Å². The highest BCUT2D eigenvalue weighted by Gasteiger charge is 2.25. The smallest absolute Gasteiger partial charge is 0.191 e. The first-order valence-electron chi connectivity index (χ1n) is 10.4. The minimum atomic E-state index is -0.876. The normalized spacial score (nSPS) is 17.4. The Morgan fingerprint density at radius 3 is 2.80 bits per heavy atom. The number of rotatable bonds is 8. The van der Waals surface area contributed by atoms with E-state index >= 15 is 0 Å². The van der Waals surface area contributed by atoms with Crippen molar-refractivity contribution in [2.45, 2.75) is 32.8 Å². The van der Waals surface area contributed by atoms with Crippen LogP contribution in [0.2, 0.25) is 0 Å². The average Bonchev–Trinajstić information content (AvgIpc) is 3.11. The van der Waals surface area contributed by atoms with Gasteiger partial charge in [0, 0.05) is 51.5 Å². The summed E-state index contributed by atoms with van der Waals surface area (Å²) in [6.07, 6.45) is 4.89. The van der Waals surface area contributed by atoms with Crippen molar-refractivity contribution >= 4 is 35.6 Å². The summed E-state index contributed by atoms with van der Waals surface area (Å²) in [6, 6.07) is 4.11. The van der Waals surface area contributed by atoms with Gasteiger partial charge in [0.2, 0.25) is 0 Å². The Labute approximate surface area is 196 Å². The number of nitrogens with one attached hydrogen (secondary N) is 2. The zero-order valence-electron chi connectivity index (χ0n) is 18.2. The summed E-state index contributed by atoms with van der Waals surface area (Å²) in [5.74, 6) is 0.717. The molecule has 1 saturated heterocycles. The fourth-order valence-corrected chi connectivity index (χ4v) is 3.52. The second-order valence-electron chi connectivity index (χ2n) is 7.91. The summed E-state index contributed by atoms with van der Waals surface area (Å²) in [7, 11) is 0. The number of aromatic nitrogens is 2. The lowest BCUT2D eigenvalue weighted by Crippen LogP contribution is -2.48. The number of aliphatic hydroxyl groups is 1. The first-order chi connectivity index (χ1) is 14.0. The molecule has 0 aromatic carbocycles. The second-order valence-corrected chi connectivity index (χ2v) is 7.91. The molecule has 168 valence electrons. The van der Waals surface area contributed by atoms with Crippen molar-refractivity contribution in [3.8, 4) is 0 Å². The summed E-state index contributed by atoms with van der Waals surface area (Å²) in [5.41, 5.74) is 2.34. The molecule has 9 heteroatoms. The van der Waals surface area contributed by atoms with Crippen molar-refractivity contribution in [1.82, 2.24) is 24.9 Å². The van der Waals surface area contributed by atoms with E-state index in [1.807, 2.05) is 26.1 Å². The lowest BCUT2D eigenvalue weighted by Gasteiger charge is -2.33. The van der Waals surface area contributed by atoms with Gasteiger partial charge in [0.15, 0.2) is 5.96 Å². The highest BCUT2D eigenvalue weighted by atomic mass is 127. The SMILES string of the molecule is CCNC(=NCC(C)(O)CN1CCOCC1)NCCc1cn2cccc(C)c2n1.I. The quantitative estimate of drug-likeness (QED) is 0.272. The molecule has 1 aliphatic heterocycles. The molecule has 0 radical (unpaired) electrons. The molecular formula is C21H35IN6O2. The maximum absolute atomic E-state index is 10.7. The van der Waals surface area contributed by atoms with Gasteiger partial charge in [-0.3, -0.25) is 9.89 Å². The molecule has 0 spiro atoms. The number of hydrogen-bond acceptors (Lipinski definition) is 5. The number of hydrogen-bond donors (Lipinski definition) is 3. The first-order valence-corrected chi connectivity index (χ1v) is 10.4. The van der Waals surface area contributed by atoms with Crippen molar-refractivity contribution in [2.75, 3.05) is 52.5 Å². The molecule has 0 bridgehead atoms. The number of fused-ring (bicyclic) bond motifs is 1. The van der Waals surface area contributed by atoms with Crippen LogP contribution in [-0.2, 0) is 11.2 Å². The fourth-order valence-electron chi connectivity index (χ4n) is 3.52. The molecule has 8 nitrogen and oxygen atoms in total. The van der Waals surface area contributed by atoms with Gasteiger partial charge in [0.25, 0.3) is 0 Å². The molecule has 2 aromatic heterocycles. The summed E-state index contributed by atoms with van der Waals surface area (Å²) in [5, 5.41) is 17.3. The number of aryl methyl sites for hydroxylation is 1. The minimum absolute atomic E-state index is 0. The van der Waals surface area contributed by atoms with Crippen molar-refractivity contribution in [3.05, 3.63) is 35.8 Å². The Morgan fingerprint density at radius 2 is 2.10 bits per heavy atom. The molecule has 0 saturated carbocycles. The molecule has 0 aliphatic carbocycles. The monoisotopic (exact) mass is 530 g/mol. The van der Waals surface area contributed by atoms with Crippen LogP contribution in [0.25, 0.3) is 5.65 Å². The van der Waals surface area contributed by atoms with Crippen LogP contribution >= 0.6 is 24.0 Å². The van der Waals surface area contributed by atoms with Gasteiger partial charge in [-0.25, -0.2) is 4.98 Å². The number of imidazole rings is 1. The molecular weight excluding hydrogens is 495 g/mol. The number of morpholine rings is 1. The molecule has 1 unspecified atom stereocenters. The Bertz CT molecular complexity index is 817. The number of halogens is 1. The van der Waals surface area contributed by atoms with E-state index < -0.39 is 5.60 Å². The third kappa shape index (κ3) is 7.36. The molecule has 0 amide bonds. The van der Waals surface area contributed by atoms with Gasteiger partial charge in [0.1, 0.15) is 5.65 Å². The van der Waals surface area contributed by atoms with Crippen LogP contribution in [0, 0.1) is 6.92 Å². The largest absolute Gasteiger partial charge is 0.387 e. The summed E-state index contributed by atoms with van der Waals surface area (Å²) in [4.78, 5) is 11.5. The minimum Gasteiger partial charge on any atom is -0.387 e. The van der Waals surface area contributed by atoms with E-state index in [9.17, 15) is 5.11 Å². The molecule has 3 heterocycles. The van der Waals surface area contributed by atoms with Crippen molar-refractivity contribution in [1.29, 1.82) is 0 Å². The predicted molar refractivity (Wildman–Crippen MR) is 131 cm³/mol. The zero-order chi connectivity index (χ0) is 20.7. The Balaban J connectivity index is 0.00000320. The Hall–Kier alpha value is -1.43. The van der Waals surface area contributed by atoms with E-state index in [2.05, 4.69) is 44.1 Å². The van der Waals surface area contributed by atoms with Crippen LogP contribution < -0.4 is 10.6 Å². The molecule has 30 heavy (non-hydrogen) atoms. The Kier molecular flexibility index (Phi) is 9.79. The topological polar surface area (TPSA) is 86.4 Å². The average molecular weight is 530 g/mol. The summed E-state index contributed by atoms with van der Waals surface area (Å²) < 4.78 is 7.44. The number of aliphatic imine (C=N–C) groups is 1. The van der Waals surface area contributed by atoms with Crippen LogP contribution in [0.4, 0.5) is 0 Å². The van der Waals surface area contributed by atoms with Crippen LogP contribution in [0.3, 0.4) is 0 Å². The van der Waals surface area contributed by atoms with Crippen LogP contribution in [0.1, 0.15) is 25.1 Å². The van der Waals surface area contributed by atoms with Gasteiger partial charge in [-0.15, -0.1) is 24.0 Å². The second kappa shape index (κ2) is 11.8. The van der Waals surface area contributed by atoms with Gasteiger partial charge in [-0.1, -0.05) is 6.07 Å². The summed E-state index contributed by atoms with van der Waals surface area (Å²) in [6.45, 7) is 11.6. The van der Waals surface area contributed by atoms with E-state index in [0.29, 0.717) is 13.1 Å². The highest BCUT2D eigenvalue weighted by Crippen LogP contribution is 2.11. The maximum Gasteiger partial charge on any atom is 0.191 e. The fraction of sp³-hybridized carbons (Fsp3) is 0.619. The lowest BCUT2D eigenvalue weighted by atomic mass is 10.1. The first kappa shape index (κ1) is 24.8. The molecule has 1 aliphatic rings. The molecule has 3 rings (SSSR count). The van der Waals surface area contributed by atoms with E-state index in [-0.39, 0.29) is 24.0 Å². The molecule has 2 aromatic rings. The number of pyridine rings is 1. The molecule has 1 fully saturated rings. The maximum atomic E-state index is 10.7. The van der Waals surface area contributed by atoms with Gasteiger partial charge in [-0.2, -0.15) is 0 Å². The molecule has 3 N–H and O–H groups in total. The van der Waals surface area contributed by atoms with E-state index in [0.717, 1.165) is 63.1 Å². The van der Waals surface area contributed by atoms with Gasteiger partial charge < -0.3 is 24.9 Å². The van der Waals surface area contributed by atoms with Gasteiger partial charge in [-0.05, 0) is 32.4 Å². The van der Waals surface area contributed by atoms with Gasteiger partial charge >= 0.3 is 0 Å². The lowest BCUT2D eigenvalue weighted by molar-refractivity contribution is -0.0179. The number of guanidine groups is 1. The highest BCUT2D eigenvalue weighted by molar-refractivity contribution is 14.0.